The molecule has 0 aliphatic rings. The van der Waals surface area contributed by atoms with Crippen molar-refractivity contribution in [3.05, 3.63) is 82.0 Å². The van der Waals surface area contributed by atoms with E-state index in [1.807, 2.05) is 58.0 Å². The normalized spacial score (nSPS) is 11.8. The highest BCUT2D eigenvalue weighted by Gasteiger charge is 2.39. The molecule has 230 valence electrons. The minimum Gasteiger partial charge on any atom is -0.443 e. The second-order valence-corrected chi connectivity index (χ2v) is 13.8. The zero-order valence-electron chi connectivity index (χ0n) is 27.2. The first-order valence-corrected chi connectivity index (χ1v) is 15.5. The van der Waals surface area contributed by atoms with E-state index in [1.54, 1.807) is 57.9 Å². The summed E-state index contributed by atoms with van der Waals surface area (Å²) in [5.41, 5.74) is 4.06. The Kier molecular flexibility index (Phi) is 9.17. The maximum absolute atomic E-state index is 13.9. The van der Waals surface area contributed by atoms with Crippen LogP contribution in [0, 0.1) is 39.0 Å². The number of aromatic nitrogens is 2. The molecule has 0 radical (unpaired) electrons. The number of hydrogen-bond donors (Lipinski definition) is 0. The number of anilines is 1. The predicted molar refractivity (Wildman–Crippen MR) is 176 cm³/mol. The molecule has 0 N–H and O–H groups in total. The van der Waals surface area contributed by atoms with Gasteiger partial charge in [0.15, 0.2) is 5.82 Å². The zero-order valence-corrected chi connectivity index (χ0v) is 28.0. The molecule has 0 fully saturated rings. The van der Waals surface area contributed by atoms with Crippen LogP contribution < -0.4 is 4.90 Å². The van der Waals surface area contributed by atoms with Crippen LogP contribution >= 0.6 is 11.8 Å². The largest absolute Gasteiger partial charge is 0.443 e. The van der Waals surface area contributed by atoms with E-state index in [4.69, 9.17) is 14.5 Å². The van der Waals surface area contributed by atoms with Gasteiger partial charge in [0.05, 0.1) is 5.69 Å². The fraction of sp³-hybridized carbons (Fsp3) is 0.371. The molecule has 2 aromatic carbocycles. The molecule has 0 saturated heterocycles. The van der Waals surface area contributed by atoms with Crippen molar-refractivity contribution in [1.82, 2.24) is 9.55 Å². The molecule has 0 saturated carbocycles. The number of thioether (sulfide) groups is 1. The molecule has 0 atom stereocenters. The molecular formula is C35H40N4O4S. The van der Waals surface area contributed by atoms with Crippen molar-refractivity contribution in [3.63, 3.8) is 0 Å². The number of benzene rings is 2. The molecule has 44 heavy (non-hydrogen) atoms. The average molecular weight is 613 g/mol. The lowest BCUT2D eigenvalue weighted by atomic mass is 10.1. The fourth-order valence-electron chi connectivity index (χ4n) is 4.83. The first kappa shape index (κ1) is 32.6. The third-order valence-corrected chi connectivity index (χ3v) is 8.11. The molecule has 0 aliphatic heterocycles. The Morgan fingerprint density at radius 2 is 1.50 bits per heavy atom. The van der Waals surface area contributed by atoms with Crippen LogP contribution in [0.2, 0.25) is 0 Å². The summed E-state index contributed by atoms with van der Waals surface area (Å²) in [7, 11) is 0. The van der Waals surface area contributed by atoms with Crippen molar-refractivity contribution in [2.45, 2.75) is 91.1 Å². The smallest absolute Gasteiger partial charge is 0.425 e. The van der Waals surface area contributed by atoms with E-state index in [-0.39, 0.29) is 11.4 Å². The molecule has 2 heterocycles. The number of carbonyl (C=O) groups is 2. The topological polar surface area (TPSA) is 97.5 Å². The molecule has 0 unspecified atom stereocenters. The van der Waals surface area contributed by atoms with Crippen LogP contribution in [0.25, 0.3) is 16.7 Å². The summed E-state index contributed by atoms with van der Waals surface area (Å²) in [6, 6.07) is 18.4. The molecule has 0 aliphatic carbocycles. The quantitative estimate of drug-likeness (QED) is 0.207. The Bertz CT molecular complexity index is 1750. The number of nitriles is 1. The number of imide groups is 1. The van der Waals surface area contributed by atoms with Gasteiger partial charge in [-0.2, -0.15) is 10.2 Å². The minimum absolute atomic E-state index is 0.0277. The number of rotatable bonds is 5. The second kappa shape index (κ2) is 12.4. The highest BCUT2D eigenvalue weighted by Crippen LogP contribution is 2.41. The summed E-state index contributed by atoms with van der Waals surface area (Å²) in [5, 5.41) is 11.1. The third-order valence-electron chi connectivity index (χ3n) is 6.88. The van der Waals surface area contributed by atoms with E-state index >= 15 is 0 Å². The summed E-state index contributed by atoms with van der Waals surface area (Å²) in [6.07, 6.45) is -1.91. The third kappa shape index (κ3) is 6.92. The Balaban J connectivity index is 2.07. The molecule has 0 bridgehead atoms. The van der Waals surface area contributed by atoms with Crippen LogP contribution in [0.3, 0.4) is 0 Å². The summed E-state index contributed by atoms with van der Waals surface area (Å²) < 4.78 is 13.2. The summed E-state index contributed by atoms with van der Waals surface area (Å²) in [5.74, 6) is 0.783. The average Bonchev–Trinajstić information content (AvgIpc) is 3.19. The highest BCUT2D eigenvalue weighted by atomic mass is 32.2. The maximum Gasteiger partial charge on any atom is 0.425 e. The number of pyridine rings is 1. The maximum atomic E-state index is 13.9. The lowest BCUT2D eigenvalue weighted by molar-refractivity contribution is 0.0428. The lowest BCUT2D eigenvalue weighted by Crippen LogP contribution is -2.45. The number of amides is 2. The van der Waals surface area contributed by atoms with Crippen LogP contribution in [0.1, 0.15) is 75.1 Å². The van der Waals surface area contributed by atoms with Crippen LogP contribution in [0.5, 0.6) is 0 Å². The molecule has 4 rings (SSSR count). The Morgan fingerprint density at radius 1 is 0.909 bits per heavy atom. The molecule has 2 aromatic heterocycles. The molecular weight excluding hydrogens is 572 g/mol. The molecule has 4 aromatic rings. The lowest BCUT2D eigenvalue weighted by Gasteiger charge is -2.30. The van der Waals surface area contributed by atoms with Crippen LogP contribution in [-0.2, 0) is 15.2 Å². The number of nitrogens with zero attached hydrogens (tertiary/aromatic N) is 4. The van der Waals surface area contributed by atoms with E-state index < -0.39 is 23.4 Å². The monoisotopic (exact) mass is 612 g/mol. The number of hydrogen-bond acceptors (Lipinski definition) is 7. The molecule has 9 heteroatoms. The van der Waals surface area contributed by atoms with Gasteiger partial charge in [-0.1, -0.05) is 36.4 Å². The summed E-state index contributed by atoms with van der Waals surface area (Å²) in [6.45, 7) is 18.1. The van der Waals surface area contributed by atoms with E-state index in [0.29, 0.717) is 11.0 Å². The highest BCUT2D eigenvalue weighted by molar-refractivity contribution is 7.98. The first-order valence-electron chi connectivity index (χ1n) is 14.5. The minimum atomic E-state index is -0.953. The van der Waals surface area contributed by atoms with Gasteiger partial charge < -0.3 is 9.47 Å². The van der Waals surface area contributed by atoms with Crippen molar-refractivity contribution in [2.24, 2.45) is 0 Å². The summed E-state index contributed by atoms with van der Waals surface area (Å²) >= 11 is 1.69. The summed E-state index contributed by atoms with van der Waals surface area (Å²) in [4.78, 5) is 34.6. The van der Waals surface area contributed by atoms with Gasteiger partial charge in [0, 0.05) is 21.7 Å². The van der Waals surface area contributed by atoms with E-state index in [2.05, 4.69) is 24.3 Å². The first-order chi connectivity index (χ1) is 20.5. The van der Waals surface area contributed by atoms with Crippen LogP contribution in [-0.4, -0.2) is 32.9 Å². The number of aryl methyl sites for hydroxylation is 3. The second-order valence-electron chi connectivity index (χ2n) is 12.8. The van der Waals surface area contributed by atoms with Crippen molar-refractivity contribution in [2.75, 3.05) is 4.90 Å². The van der Waals surface area contributed by atoms with Gasteiger partial charge >= 0.3 is 12.2 Å². The van der Waals surface area contributed by atoms with Gasteiger partial charge in [0.25, 0.3) is 0 Å². The fourth-order valence-corrected chi connectivity index (χ4v) is 5.82. The van der Waals surface area contributed by atoms with E-state index in [0.717, 1.165) is 43.6 Å². The van der Waals surface area contributed by atoms with Crippen LogP contribution in [0.15, 0.2) is 53.4 Å². The zero-order chi connectivity index (χ0) is 32.6. The van der Waals surface area contributed by atoms with Crippen molar-refractivity contribution >= 4 is 40.8 Å². The van der Waals surface area contributed by atoms with Gasteiger partial charge in [-0.15, -0.1) is 11.8 Å². The number of ether oxygens (including phenoxy) is 2. The Morgan fingerprint density at radius 3 is 2.05 bits per heavy atom. The van der Waals surface area contributed by atoms with Gasteiger partial charge in [0.1, 0.15) is 28.5 Å². The number of carbonyl (C=O) groups excluding carboxylic acids is 2. The Hall–Kier alpha value is -4.29. The SMILES string of the molecule is Cc1cc2c(C#N)c(N(C(=O)OC(C)(C)C)C(=O)OC(C)(C)C)n(-c3c(C)ccc(SCc4ccccc4)c3C)c2nc1C. The standard InChI is InChI=1S/C35H40N4O4S/c1-21-16-17-28(44-20-25-14-12-11-13-15-25)23(3)29(21)38-30-26(18-22(2)24(4)37-30)27(19-36)31(38)39(32(40)42-34(5,6)7)33(41)43-35(8,9)10/h11-18H,20H2,1-10H3. The van der Waals surface area contributed by atoms with Gasteiger partial charge in [-0.05, 0) is 104 Å². The molecule has 2 amide bonds. The predicted octanol–water partition coefficient (Wildman–Crippen LogP) is 9.10. The molecule has 0 spiro atoms. The Labute approximate surface area is 264 Å². The van der Waals surface area contributed by atoms with Crippen molar-refractivity contribution in [1.29, 1.82) is 5.26 Å². The van der Waals surface area contributed by atoms with Gasteiger partial charge in [-0.3, -0.25) is 4.57 Å². The number of fused-ring (bicyclic) bond motifs is 1. The van der Waals surface area contributed by atoms with Gasteiger partial charge in [-0.25, -0.2) is 14.6 Å². The van der Waals surface area contributed by atoms with E-state index in [1.165, 1.54) is 5.56 Å². The van der Waals surface area contributed by atoms with E-state index in [9.17, 15) is 14.9 Å². The van der Waals surface area contributed by atoms with Gasteiger partial charge in [0.2, 0.25) is 0 Å². The van der Waals surface area contributed by atoms with Crippen molar-refractivity contribution in [3.8, 4) is 11.8 Å². The molecule has 8 nitrogen and oxygen atoms in total. The van der Waals surface area contributed by atoms with Crippen LogP contribution in [0.4, 0.5) is 15.4 Å². The van der Waals surface area contributed by atoms with Crippen molar-refractivity contribution < 1.29 is 19.1 Å².